The molecule has 1 fully saturated rings. The van der Waals surface area contributed by atoms with E-state index < -0.39 is 26.7 Å². The normalized spacial score (nSPS) is 17.4. The van der Waals surface area contributed by atoms with Gasteiger partial charge < -0.3 is 10.5 Å². The smallest absolute Gasteiger partial charge is 0.293 e. The minimum absolute atomic E-state index is 0.161. The maximum absolute atomic E-state index is 12.7. The van der Waals surface area contributed by atoms with E-state index in [-0.39, 0.29) is 23.1 Å². The summed E-state index contributed by atoms with van der Waals surface area (Å²) in [6.07, 6.45) is 5.06. The number of benzene rings is 1. The second-order valence-corrected chi connectivity index (χ2v) is 7.63. The minimum Gasteiger partial charge on any atom is -0.497 e. The van der Waals surface area contributed by atoms with Crippen molar-refractivity contribution in [1.29, 1.82) is 0 Å². The second kappa shape index (κ2) is 7.91. The van der Waals surface area contributed by atoms with Crippen LogP contribution in [0.4, 0.5) is 5.69 Å². The van der Waals surface area contributed by atoms with Crippen LogP contribution >= 0.6 is 0 Å². The van der Waals surface area contributed by atoms with Crippen LogP contribution < -0.4 is 15.2 Å². The highest BCUT2D eigenvalue weighted by Gasteiger charge is 2.31. The van der Waals surface area contributed by atoms with Gasteiger partial charge in [0.05, 0.1) is 18.1 Å². The zero-order valence-electron chi connectivity index (χ0n) is 13.6. The molecular weight excluding hydrogens is 334 g/mol. The molecule has 0 radical (unpaired) electrons. The number of methoxy groups -OCH3 is 1. The van der Waals surface area contributed by atoms with Gasteiger partial charge in [0, 0.05) is 12.6 Å². The van der Waals surface area contributed by atoms with Gasteiger partial charge >= 0.3 is 0 Å². The van der Waals surface area contributed by atoms with E-state index >= 15 is 0 Å². The Morgan fingerprint density at radius 2 is 2.04 bits per heavy atom. The fraction of sp³-hybridized carbons (Fsp3) is 0.600. The van der Waals surface area contributed by atoms with Crippen molar-refractivity contribution in [3.63, 3.8) is 0 Å². The van der Waals surface area contributed by atoms with Crippen molar-refractivity contribution in [2.24, 2.45) is 11.7 Å². The first-order chi connectivity index (χ1) is 11.4. The Kier molecular flexibility index (Phi) is 6.14. The SMILES string of the molecule is COc1ccc(S(=O)(=O)NC(CN)C2CCCCC2)c([N+](=O)[O-])c1. The van der Waals surface area contributed by atoms with Gasteiger partial charge in [-0.15, -0.1) is 0 Å². The van der Waals surface area contributed by atoms with Gasteiger partial charge in [-0.1, -0.05) is 19.3 Å². The molecule has 0 saturated heterocycles. The lowest BCUT2D eigenvalue weighted by atomic mass is 9.84. The third-order valence-corrected chi connectivity index (χ3v) is 5.97. The number of nitrogens with zero attached hydrogens (tertiary/aromatic N) is 1. The summed E-state index contributed by atoms with van der Waals surface area (Å²) < 4.78 is 32.8. The van der Waals surface area contributed by atoms with E-state index in [1.54, 1.807) is 0 Å². The Labute approximate surface area is 141 Å². The van der Waals surface area contributed by atoms with Gasteiger partial charge in [-0.2, -0.15) is 0 Å². The first-order valence-electron chi connectivity index (χ1n) is 7.94. The molecule has 0 heterocycles. The van der Waals surface area contributed by atoms with Crippen LogP contribution in [-0.2, 0) is 10.0 Å². The third-order valence-electron chi connectivity index (χ3n) is 4.43. The van der Waals surface area contributed by atoms with Gasteiger partial charge in [0.1, 0.15) is 5.75 Å². The molecule has 1 aliphatic carbocycles. The highest BCUT2D eigenvalue weighted by molar-refractivity contribution is 7.89. The zero-order valence-corrected chi connectivity index (χ0v) is 14.4. The predicted molar refractivity (Wildman–Crippen MR) is 89.4 cm³/mol. The van der Waals surface area contributed by atoms with Crippen LogP contribution in [0.5, 0.6) is 5.75 Å². The van der Waals surface area contributed by atoms with Gasteiger partial charge in [-0.05, 0) is 30.9 Å². The van der Waals surface area contributed by atoms with E-state index in [1.165, 1.54) is 19.2 Å². The van der Waals surface area contributed by atoms with E-state index in [9.17, 15) is 18.5 Å². The quantitative estimate of drug-likeness (QED) is 0.566. The van der Waals surface area contributed by atoms with Gasteiger partial charge in [0.15, 0.2) is 4.90 Å². The molecule has 3 N–H and O–H groups in total. The summed E-state index contributed by atoms with van der Waals surface area (Å²) in [4.78, 5) is 10.1. The van der Waals surface area contributed by atoms with Crippen molar-refractivity contribution in [1.82, 2.24) is 4.72 Å². The second-order valence-electron chi connectivity index (χ2n) is 5.95. The number of nitrogens with two attached hydrogens (primary N) is 1. The number of sulfonamides is 1. The number of hydrogen-bond acceptors (Lipinski definition) is 6. The Hall–Kier alpha value is -1.71. The summed E-state index contributed by atoms with van der Waals surface area (Å²) in [5.74, 6) is 0.388. The standard InChI is InChI=1S/C15H23N3O5S/c1-23-12-7-8-15(14(9-12)18(19)20)24(21,22)17-13(10-16)11-5-3-2-4-6-11/h7-9,11,13,17H,2-6,10,16H2,1H3. The molecule has 1 aliphatic rings. The molecule has 0 bridgehead atoms. The largest absolute Gasteiger partial charge is 0.497 e. The fourth-order valence-corrected chi connectivity index (χ4v) is 4.60. The monoisotopic (exact) mass is 357 g/mol. The van der Waals surface area contributed by atoms with Gasteiger partial charge in [-0.3, -0.25) is 10.1 Å². The fourth-order valence-electron chi connectivity index (χ4n) is 3.13. The molecule has 0 amide bonds. The molecule has 24 heavy (non-hydrogen) atoms. The molecule has 8 nitrogen and oxygen atoms in total. The third kappa shape index (κ3) is 4.22. The van der Waals surface area contributed by atoms with Crippen molar-refractivity contribution < 1.29 is 18.1 Å². The van der Waals surface area contributed by atoms with Crippen LogP contribution in [0.15, 0.2) is 23.1 Å². The van der Waals surface area contributed by atoms with Crippen LogP contribution in [0.3, 0.4) is 0 Å². The lowest BCUT2D eigenvalue weighted by molar-refractivity contribution is -0.387. The lowest BCUT2D eigenvalue weighted by Crippen LogP contribution is -2.45. The molecule has 1 saturated carbocycles. The van der Waals surface area contributed by atoms with Crippen LogP contribution in [0, 0.1) is 16.0 Å². The topological polar surface area (TPSA) is 125 Å². The number of nitro groups is 1. The molecule has 2 rings (SSSR count). The molecule has 0 aromatic heterocycles. The summed E-state index contributed by atoms with van der Waals surface area (Å²) >= 11 is 0. The first kappa shape index (κ1) is 18.6. The molecule has 1 unspecified atom stereocenters. The molecule has 1 aromatic carbocycles. The molecule has 1 atom stereocenters. The number of rotatable bonds is 7. The number of nitrogens with one attached hydrogen (secondary N) is 1. The average Bonchev–Trinajstić information content (AvgIpc) is 2.59. The summed E-state index contributed by atoms with van der Waals surface area (Å²) in [5, 5.41) is 11.2. The van der Waals surface area contributed by atoms with Gasteiger partial charge in [0.25, 0.3) is 5.69 Å². The Bertz CT molecular complexity index is 686. The van der Waals surface area contributed by atoms with Crippen molar-refractivity contribution in [2.75, 3.05) is 13.7 Å². The predicted octanol–water partition coefficient (Wildman–Crippen LogP) is 1.79. The highest BCUT2D eigenvalue weighted by atomic mass is 32.2. The maximum Gasteiger partial charge on any atom is 0.293 e. The first-order valence-corrected chi connectivity index (χ1v) is 9.42. The van der Waals surface area contributed by atoms with Gasteiger partial charge in [-0.25, -0.2) is 13.1 Å². The van der Waals surface area contributed by atoms with E-state index in [1.807, 2.05) is 0 Å². The molecular formula is C15H23N3O5S. The summed E-state index contributed by atoms with van der Waals surface area (Å²) in [7, 11) is -2.69. The van der Waals surface area contributed by atoms with E-state index in [0.29, 0.717) is 0 Å². The number of hydrogen-bond donors (Lipinski definition) is 2. The maximum atomic E-state index is 12.7. The van der Waals surface area contributed by atoms with Crippen molar-refractivity contribution >= 4 is 15.7 Å². The van der Waals surface area contributed by atoms with Crippen molar-refractivity contribution in [3.8, 4) is 5.75 Å². The van der Waals surface area contributed by atoms with Crippen LogP contribution in [0.2, 0.25) is 0 Å². The molecule has 0 spiro atoms. The Morgan fingerprint density at radius 3 is 2.58 bits per heavy atom. The number of ether oxygens (including phenoxy) is 1. The average molecular weight is 357 g/mol. The van der Waals surface area contributed by atoms with E-state index in [0.717, 1.165) is 38.2 Å². The van der Waals surface area contributed by atoms with Gasteiger partial charge in [0.2, 0.25) is 10.0 Å². The van der Waals surface area contributed by atoms with Crippen LogP contribution in [0.1, 0.15) is 32.1 Å². The van der Waals surface area contributed by atoms with Crippen molar-refractivity contribution in [3.05, 3.63) is 28.3 Å². The molecule has 9 heteroatoms. The molecule has 134 valence electrons. The van der Waals surface area contributed by atoms with Crippen LogP contribution in [0.25, 0.3) is 0 Å². The molecule has 0 aliphatic heterocycles. The minimum atomic E-state index is -4.05. The Morgan fingerprint density at radius 1 is 1.38 bits per heavy atom. The van der Waals surface area contributed by atoms with Crippen molar-refractivity contribution in [2.45, 2.75) is 43.0 Å². The summed E-state index contributed by atoms with van der Waals surface area (Å²) in [6.45, 7) is 0.161. The molecule has 1 aromatic rings. The lowest BCUT2D eigenvalue weighted by Gasteiger charge is -2.29. The summed E-state index contributed by atoms with van der Waals surface area (Å²) in [6, 6.07) is 3.26. The highest BCUT2D eigenvalue weighted by Crippen LogP contribution is 2.30. The Balaban J connectivity index is 2.30. The summed E-state index contributed by atoms with van der Waals surface area (Å²) in [5.41, 5.74) is 5.24. The van der Waals surface area contributed by atoms with Crippen LogP contribution in [-0.4, -0.2) is 33.0 Å². The number of nitro benzene ring substituents is 1. The van der Waals surface area contributed by atoms with E-state index in [4.69, 9.17) is 10.5 Å². The van der Waals surface area contributed by atoms with E-state index in [2.05, 4.69) is 4.72 Å². The zero-order chi connectivity index (χ0) is 17.7.